The molecule has 0 fully saturated rings. The molecule has 2 N–H and O–H groups in total. The summed E-state index contributed by atoms with van der Waals surface area (Å²) in [4.78, 5) is 1.30. The van der Waals surface area contributed by atoms with E-state index >= 15 is 0 Å². The molecule has 16 heavy (non-hydrogen) atoms. The molecule has 1 rings (SSSR count). The van der Waals surface area contributed by atoms with Crippen molar-refractivity contribution < 1.29 is 5.11 Å². The van der Waals surface area contributed by atoms with Gasteiger partial charge in [-0.05, 0) is 50.3 Å². The molecular formula is C13H21NOS. The van der Waals surface area contributed by atoms with Crippen molar-refractivity contribution in [3.05, 3.63) is 24.3 Å². The SMILES string of the molecule is CCSc1ccc(NC(C)(C)CCO)cc1. The van der Waals surface area contributed by atoms with E-state index in [0.717, 1.165) is 17.9 Å². The van der Waals surface area contributed by atoms with Gasteiger partial charge in [-0.1, -0.05) is 6.92 Å². The van der Waals surface area contributed by atoms with Crippen molar-refractivity contribution in [1.29, 1.82) is 0 Å². The molecule has 0 saturated heterocycles. The second-order valence-corrected chi connectivity index (χ2v) is 5.78. The fraction of sp³-hybridized carbons (Fsp3) is 0.538. The maximum atomic E-state index is 8.95. The maximum absolute atomic E-state index is 8.95. The third-order valence-electron chi connectivity index (χ3n) is 2.38. The standard InChI is InChI=1S/C13H21NOS/c1-4-16-12-7-5-11(6-8-12)14-13(2,3)9-10-15/h5-8,14-15H,4,9-10H2,1-3H3. The summed E-state index contributed by atoms with van der Waals surface area (Å²) in [6.45, 7) is 6.56. The van der Waals surface area contributed by atoms with Crippen LogP contribution < -0.4 is 5.32 Å². The third-order valence-corrected chi connectivity index (χ3v) is 3.28. The van der Waals surface area contributed by atoms with Crippen LogP contribution in [0.25, 0.3) is 0 Å². The van der Waals surface area contributed by atoms with Gasteiger partial charge in [0.05, 0.1) is 0 Å². The zero-order chi connectivity index (χ0) is 12.0. The zero-order valence-electron chi connectivity index (χ0n) is 10.3. The second-order valence-electron chi connectivity index (χ2n) is 4.44. The fourth-order valence-electron chi connectivity index (χ4n) is 1.53. The number of aliphatic hydroxyl groups excluding tert-OH is 1. The van der Waals surface area contributed by atoms with Gasteiger partial charge in [0, 0.05) is 22.7 Å². The number of anilines is 1. The molecule has 0 unspecified atom stereocenters. The average Bonchev–Trinajstić information content (AvgIpc) is 2.21. The van der Waals surface area contributed by atoms with E-state index in [1.807, 2.05) is 11.8 Å². The molecule has 0 heterocycles. The van der Waals surface area contributed by atoms with Crippen molar-refractivity contribution in [2.75, 3.05) is 17.7 Å². The van der Waals surface area contributed by atoms with Gasteiger partial charge in [-0.3, -0.25) is 0 Å². The van der Waals surface area contributed by atoms with Crippen LogP contribution in [0, 0.1) is 0 Å². The summed E-state index contributed by atoms with van der Waals surface area (Å²) in [5, 5.41) is 12.4. The van der Waals surface area contributed by atoms with Crippen molar-refractivity contribution in [3.63, 3.8) is 0 Å². The lowest BCUT2D eigenvalue weighted by Gasteiger charge is -2.26. The lowest BCUT2D eigenvalue weighted by atomic mass is 10.0. The van der Waals surface area contributed by atoms with Crippen LogP contribution in [0.15, 0.2) is 29.2 Å². The zero-order valence-corrected chi connectivity index (χ0v) is 11.1. The van der Waals surface area contributed by atoms with Gasteiger partial charge < -0.3 is 10.4 Å². The molecule has 0 aliphatic heterocycles. The molecule has 90 valence electrons. The Bertz CT molecular complexity index is 308. The summed E-state index contributed by atoms with van der Waals surface area (Å²) in [5.41, 5.74) is 1.05. The molecule has 1 aromatic carbocycles. The summed E-state index contributed by atoms with van der Waals surface area (Å²) in [5.74, 6) is 1.10. The van der Waals surface area contributed by atoms with Gasteiger partial charge in [-0.2, -0.15) is 0 Å². The summed E-state index contributed by atoms with van der Waals surface area (Å²) in [6, 6.07) is 8.45. The van der Waals surface area contributed by atoms with E-state index in [9.17, 15) is 0 Å². The molecule has 0 amide bonds. The molecule has 3 heteroatoms. The van der Waals surface area contributed by atoms with E-state index in [1.54, 1.807) is 0 Å². The molecule has 1 aromatic rings. The predicted molar refractivity (Wildman–Crippen MR) is 72.2 cm³/mol. The van der Waals surface area contributed by atoms with Crippen LogP contribution in [0.4, 0.5) is 5.69 Å². The van der Waals surface area contributed by atoms with Gasteiger partial charge in [0.15, 0.2) is 0 Å². The van der Waals surface area contributed by atoms with Crippen LogP contribution in [0.5, 0.6) is 0 Å². The Morgan fingerprint density at radius 2 is 1.88 bits per heavy atom. The summed E-state index contributed by atoms with van der Waals surface area (Å²) in [7, 11) is 0. The van der Waals surface area contributed by atoms with Crippen LogP contribution in [0.2, 0.25) is 0 Å². The van der Waals surface area contributed by atoms with Gasteiger partial charge in [-0.25, -0.2) is 0 Å². The first-order chi connectivity index (χ1) is 7.57. The molecular weight excluding hydrogens is 218 g/mol. The van der Waals surface area contributed by atoms with Crippen molar-refractivity contribution in [2.24, 2.45) is 0 Å². The first-order valence-corrected chi connectivity index (χ1v) is 6.68. The summed E-state index contributed by atoms with van der Waals surface area (Å²) in [6.07, 6.45) is 0.748. The molecule has 0 aliphatic rings. The maximum Gasteiger partial charge on any atom is 0.0453 e. The minimum atomic E-state index is -0.0613. The van der Waals surface area contributed by atoms with E-state index in [4.69, 9.17) is 5.11 Å². The number of hydrogen-bond acceptors (Lipinski definition) is 3. The Balaban J connectivity index is 2.61. The average molecular weight is 239 g/mol. The highest BCUT2D eigenvalue weighted by molar-refractivity contribution is 7.99. The monoisotopic (exact) mass is 239 g/mol. The van der Waals surface area contributed by atoms with Crippen molar-refractivity contribution in [3.8, 4) is 0 Å². The van der Waals surface area contributed by atoms with Gasteiger partial charge in [-0.15, -0.1) is 11.8 Å². The van der Waals surface area contributed by atoms with E-state index < -0.39 is 0 Å². The van der Waals surface area contributed by atoms with Gasteiger partial charge in [0.1, 0.15) is 0 Å². The van der Waals surface area contributed by atoms with Gasteiger partial charge in [0.2, 0.25) is 0 Å². The van der Waals surface area contributed by atoms with E-state index in [-0.39, 0.29) is 12.1 Å². The molecule has 0 saturated carbocycles. The minimum absolute atomic E-state index is 0.0613. The normalized spacial score (nSPS) is 11.5. The number of benzene rings is 1. The highest BCUT2D eigenvalue weighted by atomic mass is 32.2. The number of hydrogen-bond donors (Lipinski definition) is 2. The Morgan fingerprint density at radius 1 is 1.25 bits per heavy atom. The first kappa shape index (κ1) is 13.4. The Labute approximate surface area is 102 Å². The molecule has 0 aromatic heterocycles. The molecule has 0 radical (unpaired) electrons. The number of aliphatic hydroxyl groups is 1. The van der Waals surface area contributed by atoms with Crippen molar-refractivity contribution in [1.82, 2.24) is 0 Å². The molecule has 0 bridgehead atoms. The first-order valence-electron chi connectivity index (χ1n) is 5.69. The number of nitrogens with one attached hydrogen (secondary N) is 1. The summed E-state index contributed by atoms with van der Waals surface area (Å²) >= 11 is 1.84. The quantitative estimate of drug-likeness (QED) is 0.747. The predicted octanol–water partition coefficient (Wildman–Crippen LogP) is 3.37. The molecule has 0 atom stereocenters. The third kappa shape index (κ3) is 4.45. The van der Waals surface area contributed by atoms with Crippen LogP contribution >= 0.6 is 11.8 Å². The Hall–Kier alpha value is -0.670. The largest absolute Gasteiger partial charge is 0.396 e. The molecule has 0 aliphatic carbocycles. The van der Waals surface area contributed by atoms with Crippen LogP contribution in [-0.4, -0.2) is 23.0 Å². The van der Waals surface area contributed by atoms with Crippen molar-refractivity contribution >= 4 is 17.4 Å². The van der Waals surface area contributed by atoms with Crippen LogP contribution in [0.3, 0.4) is 0 Å². The second kappa shape index (κ2) is 6.16. The van der Waals surface area contributed by atoms with Crippen LogP contribution in [0.1, 0.15) is 27.2 Å². The number of rotatable bonds is 6. The van der Waals surface area contributed by atoms with E-state index in [2.05, 4.69) is 50.4 Å². The Morgan fingerprint density at radius 3 is 2.38 bits per heavy atom. The topological polar surface area (TPSA) is 32.3 Å². The summed E-state index contributed by atoms with van der Waals surface area (Å²) < 4.78 is 0. The number of thioether (sulfide) groups is 1. The molecule has 0 spiro atoms. The molecule has 2 nitrogen and oxygen atoms in total. The van der Waals surface area contributed by atoms with Gasteiger partial charge >= 0.3 is 0 Å². The smallest absolute Gasteiger partial charge is 0.0453 e. The lowest BCUT2D eigenvalue weighted by Crippen LogP contribution is -2.31. The minimum Gasteiger partial charge on any atom is -0.396 e. The van der Waals surface area contributed by atoms with Crippen LogP contribution in [-0.2, 0) is 0 Å². The van der Waals surface area contributed by atoms with Crippen molar-refractivity contribution in [2.45, 2.75) is 37.6 Å². The highest BCUT2D eigenvalue weighted by Gasteiger charge is 2.15. The van der Waals surface area contributed by atoms with E-state index in [1.165, 1.54) is 4.90 Å². The van der Waals surface area contributed by atoms with Gasteiger partial charge in [0.25, 0.3) is 0 Å². The lowest BCUT2D eigenvalue weighted by molar-refractivity contribution is 0.261. The highest BCUT2D eigenvalue weighted by Crippen LogP contribution is 2.22. The van der Waals surface area contributed by atoms with E-state index in [0.29, 0.717) is 0 Å². The fourth-order valence-corrected chi connectivity index (χ4v) is 2.20. The Kier molecular flexibility index (Phi) is 5.16.